The molecule has 0 aliphatic heterocycles. The topological polar surface area (TPSA) is 71.1 Å². The maximum atomic E-state index is 13.0. The number of benzene rings is 2. The molecule has 0 atom stereocenters. The summed E-state index contributed by atoms with van der Waals surface area (Å²) in [5, 5.41) is 6.85. The molecule has 2 amide bonds. The van der Waals surface area contributed by atoms with E-state index in [2.05, 4.69) is 15.6 Å². The fraction of sp³-hybridized carbons (Fsp3) is 0.208. The lowest BCUT2D eigenvalue weighted by molar-refractivity contribution is -0.113. The highest BCUT2D eigenvalue weighted by Crippen LogP contribution is 2.26. The van der Waals surface area contributed by atoms with Crippen LogP contribution in [-0.2, 0) is 4.79 Å². The molecule has 0 radical (unpaired) electrons. The van der Waals surface area contributed by atoms with Gasteiger partial charge in [-0.3, -0.25) is 9.59 Å². The molecule has 0 saturated carbocycles. The second-order valence-corrected chi connectivity index (χ2v) is 8.78. The molecule has 3 rings (SSSR count). The van der Waals surface area contributed by atoms with Crippen LogP contribution in [0.5, 0.6) is 0 Å². The number of rotatable bonds is 6. The third-order valence-corrected chi connectivity index (χ3v) is 5.83. The zero-order valence-electron chi connectivity index (χ0n) is 17.9. The van der Waals surface area contributed by atoms with Crippen molar-refractivity contribution >= 4 is 46.6 Å². The quantitative estimate of drug-likeness (QED) is 0.452. The zero-order chi connectivity index (χ0) is 22.5. The standard InChI is InChI=1S/C24H24ClN3O2S/c1-14-8-9-20(15(2)10-14)28-21(29)13-31-24-22(16(3)11-17(4)26-24)23(30)27-19-7-5-6-18(25)12-19/h5-12H,13H2,1-4H3,(H,27,30)(H,28,29). The van der Waals surface area contributed by atoms with Crippen LogP contribution in [-0.4, -0.2) is 22.6 Å². The Hall–Kier alpha value is -2.83. The Bertz CT molecular complexity index is 1150. The Morgan fingerprint density at radius 3 is 2.45 bits per heavy atom. The van der Waals surface area contributed by atoms with Crippen molar-refractivity contribution in [3.63, 3.8) is 0 Å². The lowest BCUT2D eigenvalue weighted by atomic mass is 10.1. The van der Waals surface area contributed by atoms with Crippen molar-refractivity contribution in [2.75, 3.05) is 16.4 Å². The van der Waals surface area contributed by atoms with Gasteiger partial charge >= 0.3 is 0 Å². The molecule has 2 N–H and O–H groups in total. The molecule has 7 heteroatoms. The molecule has 2 aromatic carbocycles. The smallest absolute Gasteiger partial charge is 0.258 e. The lowest BCUT2D eigenvalue weighted by Crippen LogP contribution is -2.18. The highest BCUT2D eigenvalue weighted by molar-refractivity contribution is 8.00. The van der Waals surface area contributed by atoms with Gasteiger partial charge in [0.15, 0.2) is 0 Å². The Labute approximate surface area is 191 Å². The number of aromatic nitrogens is 1. The molecule has 160 valence electrons. The number of amides is 2. The van der Waals surface area contributed by atoms with Gasteiger partial charge in [-0.25, -0.2) is 4.98 Å². The number of thioether (sulfide) groups is 1. The van der Waals surface area contributed by atoms with Gasteiger partial charge in [0.2, 0.25) is 5.91 Å². The molecular formula is C24H24ClN3O2S. The predicted molar refractivity (Wildman–Crippen MR) is 128 cm³/mol. The normalized spacial score (nSPS) is 10.6. The van der Waals surface area contributed by atoms with E-state index in [4.69, 9.17) is 11.6 Å². The number of hydrogen-bond acceptors (Lipinski definition) is 4. The van der Waals surface area contributed by atoms with Gasteiger partial charge in [-0.2, -0.15) is 0 Å². The van der Waals surface area contributed by atoms with Gasteiger partial charge in [0, 0.05) is 22.1 Å². The maximum Gasteiger partial charge on any atom is 0.258 e. The van der Waals surface area contributed by atoms with Crippen molar-refractivity contribution in [1.29, 1.82) is 0 Å². The summed E-state index contributed by atoms with van der Waals surface area (Å²) >= 11 is 7.26. The second-order valence-electron chi connectivity index (χ2n) is 7.38. The number of halogens is 1. The van der Waals surface area contributed by atoms with Gasteiger partial charge in [-0.1, -0.05) is 47.1 Å². The van der Waals surface area contributed by atoms with Crippen LogP contribution in [0.2, 0.25) is 5.02 Å². The average Bonchev–Trinajstić information content (AvgIpc) is 2.68. The zero-order valence-corrected chi connectivity index (χ0v) is 19.4. The number of carbonyl (C=O) groups is 2. The molecule has 0 fully saturated rings. The van der Waals surface area contributed by atoms with E-state index in [-0.39, 0.29) is 17.6 Å². The van der Waals surface area contributed by atoms with Crippen LogP contribution in [0.1, 0.15) is 32.7 Å². The average molecular weight is 454 g/mol. The van der Waals surface area contributed by atoms with E-state index in [0.717, 1.165) is 28.1 Å². The van der Waals surface area contributed by atoms with Crippen molar-refractivity contribution in [2.45, 2.75) is 32.7 Å². The number of aryl methyl sites for hydroxylation is 4. The molecule has 1 heterocycles. The molecule has 31 heavy (non-hydrogen) atoms. The molecule has 0 unspecified atom stereocenters. The lowest BCUT2D eigenvalue weighted by Gasteiger charge is -2.14. The molecule has 0 aliphatic carbocycles. The highest BCUT2D eigenvalue weighted by Gasteiger charge is 2.19. The van der Waals surface area contributed by atoms with E-state index in [0.29, 0.717) is 21.3 Å². The first-order chi connectivity index (χ1) is 14.7. The van der Waals surface area contributed by atoms with Crippen molar-refractivity contribution in [2.24, 2.45) is 0 Å². The first-order valence-corrected chi connectivity index (χ1v) is 11.1. The van der Waals surface area contributed by atoms with Gasteiger partial charge in [-0.05, 0) is 69.2 Å². The van der Waals surface area contributed by atoms with Crippen molar-refractivity contribution < 1.29 is 9.59 Å². The van der Waals surface area contributed by atoms with E-state index in [1.807, 2.05) is 52.0 Å². The Morgan fingerprint density at radius 2 is 1.74 bits per heavy atom. The second kappa shape index (κ2) is 9.98. The molecule has 1 aromatic heterocycles. The fourth-order valence-corrected chi connectivity index (χ4v) is 4.35. The van der Waals surface area contributed by atoms with E-state index >= 15 is 0 Å². The van der Waals surface area contributed by atoms with Gasteiger partial charge in [-0.15, -0.1) is 0 Å². The molecule has 0 bridgehead atoms. The molecule has 0 aliphatic rings. The predicted octanol–water partition coefficient (Wildman–Crippen LogP) is 5.95. The molecule has 5 nitrogen and oxygen atoms in total. The van der Waals surface area contributed by atoms with Crippen LogP contribution in [0.25, 0.3) is 0 Å². The number of pyridine rings is 1. The fourth-order valence-electron chi connectivity index (χ4n) is 3.22. The maximum absolute atomic E-state index is 13.0. The number of nitrogens with one attached hydrogen (secondary N) is 2. The van der Waals surface area contributed by atoms with E-state index < -0.39 is 0 Å². The van der Waals surface area contributed by atoms with E-state index in [9.17, 15) is 9.59 Å². The number of nitrogens with zero attached hydrogens (tertiary/aromatic N) is 1. The van der Waals surface area contributed by atoms with Gasteiger partial charge in [0.05, 0.1) is 11.3 Å². The molecular weight excluding hydrogens is 430 g/mol. The number of hydrogen-bond donors (Lipinski definition) is 2. The third-order valence-electron chi connectivity index (χ3n) is 4.62. The first-order valence-electron chi connectivity index (χ1n) is 9.78. The van der Waals surface area contributed by atoms with Gasteiger partial charge in [0.1, 0.15) is 5.03 Å². The van der Waals surface area contributed by atoms with Crippen molar-refractivity contribution in [3.05, 3.63) is 81.5 Å². The Balaban J connectivity index is 1.76. The molecule has 0 spiro atoms. The summed E-state index contributed by atoms with van der Waals surface area (Å²) in [6.45, 7) is 7.70. The molecule has 0 saturated heterocycles. The summed E-state index contributed by atoms with van der Waals surface area (Å²) in [4.78, 5) is 30.0. The minimum absolute atomic E-state index is 0.140. The SMILES string of the molecule is Cc1ccc(NC(=O)CSc2nc(C)cc(C)c2C(=O)Nc2cccc(Cl)c2)c(C)c1. The van der Waals surface area contributed by atoms with Gasteiger partial charge in [0.25, 0.3) is 5.91 Å². The third kappa shape index (κ3) is 6.09. The summed E-state index contributed by atoms with van der Waals surface area (Å²) < 4.78 is 0. The Kier molecular flexibility index (Phi) is 7.36. The first kappa shape index (κ1) is 22.8. The summed E-state index contributed by atoms with van der Waals surface area (Å²) in [6.07, 6.45) is 0. The summed E-state index contributed by atoms with van der Waals surface area (Å²) in [7, 11) is 0. The highest BCUT2D eigenvalue weighted by atomic mass is 35.5. The number of anilines is 2. The largest absolute Gasteiger partial charge is 0.325 e. The van der Waals surface area contributed by atoms with Crippen molar-refractivity contribution in [3.8, 4) is 0 Å². The summed E-state index contributed by atoms with van der Waals surface area (Å²) in [5.41, 5.74) is 5.56. The van der Waals surface area contributed by atoms with Crippen LogP contribution in [0.3, 0.4) is 0 Å². The van der Waals surface area contributed by atoms with Crippen molar-refractivity contribution in [1.82, 2.24) is 4.98 Å². The van der Waals surface area contributed by atoms with Gasteiger partial charge < -0.3 is 10.6 Å². The minimum atomic E-state index is -0.287. The van der Waals surface area contributed by atoms with Crippen LogP contribution in [0.15, 0.2) is 53.6 Å². The van der Waals surface area contributed by atoms with Crippen LogP contribution >= 0.6 is 23.4 Å². The minimum Gasteiger partial charge on any atom is -0.325 e. The summed E-state index contributed by atoms with van der Waals surface area (Å²) in [5.74, 6) is -0.302. The van der Waals surface area contributed by atoms with Crippen LogP contribution in [0.4, 0.5) is 11.4 Å². The van der Waals surface area contributed by atoms with E-state index in [1.165, 1.54) is 11.8 Å². The monoisotopic (exact) mass is 453 g/mol. The molecule has 3 aromatic rings. The summed E-state index contributed by atoms with van der Waals surface area (Å²) in [6, 6.07) is 14.7. The van der Waals surface area contributed by atoms with Crippen LogP contribution in [0, 0.1) is 27.7 Å². The number of carbonyl (C=O) groups excluding carboxylic acids is 2. The Morgan fingerprint density at radius 1 is 0.968 bits per heavy atom. The van der Waals surface area contributed by atoms with E-state index in [1.54, 1.807) is 24.3 Å². The van der Waals surface area contributed by atoms with Crippen LogP contribution < -0.4 is 10.6 Å².